The van der Waals surface area contributed by atoms with Crippen molar-refractivity contribution in [2.45, 2.75) is 32.6 Å². The number of allylic oxidation sites excluding steroid dienone is 2. The molecule has 0 spiro atoms. The smallest absolute Gasteiger partial charge is 0.246 e. The lowest BCUT2D eigenvalue weighted by Gasteiger charge is -2.38. The predicted molar refractivity (Wildman–Crippen MR) is 141 cm³/mol. The molecule has 0 atom stereocenters. The molecule has 5 nitrogen and oxygen atoms in total. The Kier molecular flexibility index (Phi) is 6.81. The Hall–Kier alpha value is -2.06. The van der Waals surface area contributed by atoms with E-state index in [2.05, 4.69) is 40.6 Å². The Labute approximate surface area is 207 Å². The van der Waals surface area contributed by atoms with E-state index in [4.69, 9.17) is 16.6 Å². The van der Waals surface area contributed by atoms with Crippen LogP contribution >= 0.6 is 34.2 Å². The van der Waals surface area contributed by atoms with Crippen LogP contribution in [-0.2, 0) is 17.6 Å². The van der Waals surface area contributed by atoms with Gasteiger partial charge in [-0.1, -0.05) is 24.8 Å². The molecular formula is C25H27ClIN3O2. The van der Waals surface area contributed by atoms with Crippen molar-refractivity contribution in [3.8, 4) is 0 Å². The normalized spacial score (nSPS) is 17.1. The third-order valence-corrected chi connectivity index (χ3v) is 7.80. The summed E-state index contributed by atoms with van der Waals surface area (Å²) < 4.78 is 0.936. The lowest BCUT2D eigenvalue weighted by atomic mass is 9.91. The second kappa shape index (κ2) is 9.43. The third kappa shape index (κ3) is 4.03. The summed E-state index contributed by atoms with van der Waals surface area (Å²) in [5.74, 6) is 0.100. The molecule has 0 bridgehead atoms. The molecule has 32 heavy (non-hydrogen) atoms. The highest BCUT2D eigenvalue weighted by molar-refractivity contribution is 14.1. The number of nitrogens with zero attached hydrogens (tertiary/aromatic N) is 3. The van der Waals surface area contributed by atoms with Crippen molar-refractivity contribution in [2.24, 2.45) is 0 Å². The van der Waals surface area contributed by atoms with E-state index in [-0.39, 0.29) is 11.7 Å². The monoisotopic (exact) mass is 563 g/mol. The molecule has 1 fully saturated rings. The fourth-order valence-corrected chi connectivity index (χ4v) is 6.34. The van der Waals surface area contributed by atoms with Gasteiger partial charge in [-0.2, -0.15) is 0 Å². The van der Waals surface area contributed by atoms with E-state index in [0.717, 1.165) is 64.5 Å². The van der Waals surface area contributed by atoms with E-state index >= 15 is 0 Å². The molecule has 7 heteroatoms. The molecule has 4 rings (SSSR count). The molecule has 2 heterocycles. The zero-order chi connectivity index (χ0) is 23.0. The number of aromatic nitrogens is 1. The Bertz CT molecular complexity index is 1150. The minimum atomic E-state index is -0.0159. The van der Waals surface area contributed by atoms with Crippen LogP contribution in [0, 0.1) is 3.57 Å². The lowest BCUT2D eigenvalue weighted by Crippen LogP contribution is -2.48. The average molecular weight is 564 g/mol. The van der Waals surface area contributed by atoms with Gasteiger partial charge < -0.3 is 14.9 Å². The molecule has 0 unspecified atom stereocenters. The fraction of sp³-hybridized carbons (Fsp3) is 0.360. The van der Waals surface area contributed by atoms with Crippen LogP contribution in [0.2, 0.25) is 5.02 Å². The standard InChI is InChI=1S/C25H27ClIN3O2/c1-4-20(31)15(3)22-18(26)14-17-24(23(22)27)28-19-9-7-6-8-16(19)25(17)30-12-10-29(11-13-30)21(32)5-2/h4-5,14,31H,1-2,6-13H2,3H3/b20-15-. The maximum Gasteiger partial charge on any atom is 0.246 e. The van der Waals surface area contributed by atoms with Gasteiger partial charge in [0, 0.05) is 52.0 Å². The van der Waals surface area contributed by atoms with Gasteiger partial charge in [-0.05, 0) is 79.0 Å². The van der Waals surface area contributed by atoms with E-state index in [0.29, 0.717) is 23.7 Å². The first-order chi connectivity index (χ1) is 15.4. The number of fused-ring (bicyclic) bond motifs is 2. The summed E-state index contributed by atoms with van der Waals surface area (Å²) >= 11 is 9.09. The molecule has 2 aromatic rings. The van der Waals surface area contributed by atoms with E-state index in [1.165, 1.54) is 23.4 Å². The summed E-state index contributed by atoms with van der Waals surface area (Å²) in [5.41, 5.74) is 6.08. The maximum absolute atomic E-state index is 12.1. The zero-order valence-corrected chi connectivity index (χ0v) is 21.2. The SMILES string of the molecule is C=CC(=O)N1CCN(c2c3c(nc4c(I)c(/C(C)=C(\O)C=C)c(Cl)cc24)CCCC3)CC1. The summed E-state index contributed by atoms with van der Waals surface area (Å²) in [5, 5.41) is 11.9. The first-order valence-electron chi connectivity index (χ1n) is 10.9. The fourth-order valence-electron chi connectivity index (χ4n) is 4.73. The summed E-state index contributed by atoms with van der Waals surface area (Å²) in [6.45, 7) is 12.0. The van der Waals surface area contributed by atoms with E-state index in [1.54, 1.807) is 0 Å². The van der Waals surface area contributed by atoms with Crippen LogP contribution in [0.4, 0.5) is 5.69 Å². The van der Waals surface area contributed by atoms with Gasteiger partial charge >= 0.3 is 0 Å². The van der Waals surface area contributed by atoms with Crippen molar-refractivity contribution in [3.05, 3.63) is 62.5 Å². The lowest BCUT2D eigenvalue weighted by molar-refractivity contribution is -0.126. The van der Waals surface area contributed by atoms with Gasteiger partial charge in [0.2, 0.25) is 5.91 Å². The number of anilines is 1. The van der Waals surface area contributed by atoms with Crippen LogP contribution in [0.3, 0.4) is 0 Å². The van der Waals surface area contributed by atoms with Gasteiger partial charge in [-0.3, -0.25) is 9.78 Å². The van der Waals surface area contributed by atoms with Crippen molar-refractivity contribution < 1.29 is 9.90 Å². The Morgan fingerprint density at radius 3 is 2.53 bits per heavy atom. The molecule has 1 saturated heterocycles. The van der Waals surface area contributed by atoms with Crippen LogP contribution < -0.4 is 4.90 Å². The van der Waals surface area contributed by atoms with Crippen LogP contribution in [0.1, 0.15) is 36.6 Å². The topological polar surface area (TPSA) is 56.7 Å². The number of benzene rings is 1. The van der Waals surface area contributed by atoms with Crippen molar-refractivity contribution in [1.29, 1.82) is 0 Å². The van der Waals surface area contributed by atoms with E-state index in [1.807, 2.05) is 17.9 Å². The quantitative estimate of drug-likeness (QED) is 0.225. The van der Waals surface area contributed by atoms with Crippen LogP contribution in [0.5, 0.6) is 0 Å². The molecule has 1 aromatic carbocycles. The molecule has 0 radical (unpaired) electrons. The molecule has 168 valence electrons. The highest BCUT2D eigenvalue weighted by atomic mass is 127. The number of rotatable bonds is 4. The number of aryl methyl sites for hydroxylation is 1. The predicted octanol–water partition coefficient (Wildman–Crippen LogP) is 5.68. The summed E-state index contributed by atoms with van der Waals surface area (Å²) in [4.78, 5) is 21.4. The second-order valence-electron chi connectivity index (χ2n) is 8.27. The second-order valence-corrected chi connectivity index (χ2v) is 9.75. The van der Waals surface area contributed by atoms with E-state index < -0.39 is 0 Å². The molecule has 2 aliphatic rings. The number of pyridine rings is 1. The molecule has 1 aliphatic carbocycles. The van der Waals surface area contributed by atoms with Gasteiger partial charge in [0.15, 0.2) is 0 Å². The van der Waals surface area contributed by atoms with Crippen LogP contribution in [0.25, 0.3) is 16.5 Å². The largest absolute Gasteiger partial charge is 0.508 e. The van der Waals surface area contributed by atoms with Gasteiger partial charge in [0.1, 0.15) is 5.76 Å². The van der Waals surface area contributed by atoms with Crippen molar-refractivity contribution in [3.63, 3.8) is 0 Å². The number of aliphatic hydroxyl groups is 1. The number of piperazine rings is 1. The first-order valence-corrected chi connectivity index (χ1v) is 12.4. The molecule has 0 saturated carbocycles. The Morgan fingerprint density at radius 2 is 1.88 bits per heavy atom. The average Bonchev–Trinajstić information content (AvgIpc) is 2.82. The van der Waals surface area contributed by atoms with Crippen LogP contribution in [-0.4, -0.2) is 47.1 Å². The molecular weight excluding hydrogens is 537 g/mol. The molecule has 1 aromatic heterocycles. The number of halogens is 2. The van der Waals surface area contributed by atoms with Gasteiger partial charge in [-0.15, -0.1) is 0 Å². The highest BCUT2D eigenvalue weighted by Gasteiger charge is 2.28. The number of amides is 1. The number of hydrogen-bond donors (Lipinski definition) is 1. The molecule has 1 amide bonds. The molecule has 1 aliphatic heterocycles. The third-order valence-electron chi connectivity index (χ3n) is 6.45. The van der Waals surface area contributed by atoms with Crippen LogP contribution in [0.15, 0.2) is 37.1 Å². The summed E-state index contributed by atoms with van der Waals surface area (Å²) in [6, 6.07) is 1.99. The zero-order valence-electron chi connectivity index (χ0n) is 18.3. The van der Waals surface area contributed by atoms with Gasteiger partial charge in [0.25, 0.3) is 0 Å². The number of carbonyl (C=O) groups is 1. The van der Waals surface area contributed by atoms with Crippen molar-refractivity contribution >= 4 is 62.3 Å². The van der Waals surface area contributed by atoms with Crippen molar-refractivity contribution in [2.75, 3.05) is 31.1 Å². The minimum Gasteiger partial charge on any atom is -0.508 e. The van der Waals surface area contributed by atoms with Gasteiger partial charge in [-0.25, -0.2) is 0 Å². The maximum atomic E-state index is 12.1. The van der Waals surface area contributed by atoms with Crippen molar-refractivity contribution in [1.82, 2.24) is 9.88 Å². The van der Waals surface area contributed by atoms with Gasteiger partial charge in [0.05, 0.1) is 16.2 Å². The number of hydrogen-bond acceptors (Lipinski definition) is 4. The highest BCUT2D eigenvalue weighted by Crippen LogP contribution is 2.42. The number of carbonyl (C=O) groups excluding carboxylic acids is 1. The van der Waals surface area contributed by atoms with E-state index in [9.17, 15) is 9.90 Å². The molecule has 1 N–H and O–H groups in total. The Balaban J connectivity index is 1.90. The summed E-state index contributed by atoms with van der Waals surface area (Å²) in [7, 11) is 0. The number of aliphatic hydroxyl groups excluding tert-OH is 1. The summed E-state index contributed by atoms with van der Waals surface area (Å²) in [6.07, 6.45) is 7.08. The minimum absolute atomic E-state index is 0.0159. The Morgan fingerprint density at radius 1 is 1.19 bits per heavy atom. The first kappa shape index (κ1) is 23.1.